The number of aryl methyl sites for hydroxylation is 1. The predicted octanol–water partition coefficient (Wildman–Crippen LogP) is 4.39. The van der Waals surface area contributed by atoms with Crippen LogP contribution < -0.4 is 0 Å². The molecule has 0 bridgehead atoms. The first-order chi connectivity index (χ1) is 13.0. The molecule has 0 N–H and O–H groups in total. The van der Waals surface area contributed by atoms with Crippen LogP contribution in [0.15, 0.2) is 30.5 Å². The Kier molecular flexibility index (Phi) is 4.53. The summed E-state index contributed by atoms with van der Waals surface area (Å²) in [4.78, 5) is 42.0. The fraction of sp³-hybridized carbons (Fsp3) is 0.200. The number of pyridine rings is 1. The molecule has 1 aliphatic heterocycles. The highest BCUT2D eigenvalue weighted by Gasteiger charge is 2.29. The molecule has 1 aromatic carbocycles. The van der Waals surface area contributed by atoms with E-state index in [2.05, 4.69) is 4.98 Å². The molecule has 5 nitrogen and oxygen atoms in total. The molecule has 0 saturated carbocycles. The van der Waals surface area contributed by atoms with Gasteiger partial charge in [0, 0.05) is 40.1 Å². The first-order valence-corrected chi connectivity index (χ1v) is 9.63. The minimum absolute atomic E-state index is 0.139. The number of carbonyl (C=O) groups is 3. The number of likely N-dealkylation sites (tertiary alicyclic amines) is 1. The van der Waals surface area contributed by atoms with Gasteiger partial charge in [-0.05, 0) is 42.3 Å². The van der Waals surface area contributed by atoms with E-state index in [0.717, 1.165) is 38.1 Å². The fourth-order valence-electron chi connectivity index (χ4n) is 3.37. The van der Waals surface area contributed by atoms with Crippen LogP contribution in [0, 0.1) is 6.92 Å². The van der Waals surface area contributed by atoms with Gasteiger partial charge >= 0.3 is 0 Å². The number of hydrogen-bond donors (Lipinski definition) is 0. The molecule has 4 rings (SSSR count). The quantitative estimate of drug-likeness (QED) is 0.483. The van der Waals surface area contributed by atoms with Gasteiger partial charge in [-0.2, -0.15) is 0 Å². The van der Waals surface area contributed by atoms with Crippen LogP contribution in [0.2, 0.25) is 5.02 Å². The summed E-state index contributed by atoms with van der Waals surface area (Å²) in [7, 11) is 0. The number of halogens is 1. The van der Waals surface area contributed by atoms with Crippen molar-refractivity contribution in [3.8, 4) is 11.1 Å². The summed E-state index contributed by atoms with van der Waals surface area (Å²) in [6.07, 6.45) is 3.07. The van der Waals surface area contributed by atoms with Crippen molar-refractivity contribution in [1.29, 1.82) is 0 Å². The van der Waals surface area contributed by atoms with E-state index in [9.17, 15) is 14.4 Å². The zero-order chi connectivity index (χ0) is 19.1. The Balaban J connectivity index is 1.82. The molecule has 136 valence electrons. The van der Waals surface area contributed by atoms with Crippen LogP contribution in [0.5, 0.6) is 0 Å². The van der Waals surface area contributed by atoms with Crippen molar-refractivity contribution in [2.24, 2.45) is 0 Å². The van der Waals surface area contributed by atoms with Gasteiger partial charge in [0.1, 0.15) is 0 Å². The van der Waals surface area contributed by atoms with E-state index in [1.54, 1.807) is 18.3 Å². The van der Waals surface area contributed by atoms with E-state index in [1.807, 2.05) is 19.1 Å². The summed E-state index contributed by atoms with van der Waals surface area (Å²) < 4.78 is 0.899. The Hall–Kier alpha value is -2.57. The van der Waals surface area contributed by atoms with E-state index in [0.29, 0.717) is 10.6 Å². The molecule has 3 aromatic rings. The molecular formula is C20H15ClN2O3S. The molecule has 3 heterocycles. The molecule has 1 saturated heterocycles. The van der Waals surface area contributed by atoms with E-state index in [4.69, 9.17) is 11.6 Å². The van der Waals surface area contributed by atoms with Gasteiger partial charge in [0.05, 0.1) is 16.8 Å². The van der Waals surface area contributed by atoms with Crippen molar-refractivity contribution in [3.05, 3.63) is 51.5 Å². The van der Waals surface area contributed by atoms with Gasteiger partial charge in [-0.15, -0.1) is 11.3 Å². The maximum atomic E-state index is 11.9. The van der Waals surface area contributed by atoms with Crippen molar-refractivity contribution in [2.75, 3.05) is 0 Å². The minimum Gasteiger partial charge on any atom is -0.298 e. The third-order valence-electron chi connectivity index (χ3n) is 4.69. The van der Waals surface area contributed by atoms with Crippen LogP contribution >= 0.6 is 22.9 Å². The first kappa shape index (κ1) is 17.8. The maximum absolute atomic E-state index is 11.9. The number of fused-ring (bicyclic) bond motifs is 1. The van der Waals surface area contributed by atoms with Gasteiger partial charge in [0.15, 0.2) is 6.29 Å². The van der Waals surface area contributed by atoms with Crippen LogP contribution in [0.4, 0.5) is 0 Å². The second kappa shape index (κ2) is 6.87. The van der Waals surface area contributed by atoms with Crippen LogP contribution in [-0.2, 0) is 16.1 Å². The molecule has 27 heavy (non-hydrogen) atoms. The molecule has 0 atom stereocenters. The lowest BCUT2D eigenvalue weighted by molar-refractivity contribution is -0.138. The van der Waals surface area contributed by atoms with Crippen molar-refractivity contribution in [2.45, 2.75) is 26.3 Å². The Labute approximate surface area is 164 Å². The topological polar surface area (TPSA) is 67.3 Å². The van der Waals surface area contributed by atoms with Crippen LogP contribution in [0.1, 0.15) is 33.6 Å². The van der Waals surface area contributed by atoms with Crippen LogP contribution in [0.3, 0.4) is 0 Å². The van der Waals surface area contributed by atoms with E-state index in [1.165, 1.54) is 16.2 Å². The smallest absolute Gasteiger partial charge is 0.230 e. The number of benzene rings is 1. The number of rotatable bonds is 4. The van der Waals surface area contributed by atoms with Crippen molar-refractivity contribution >= 4 is 51.3 Å². The van der Waals surface area contributed by atoms with Gasteiger partial charge in [-0.25, -0.2) is 0 Å². The fourth-order valence-corrected chi connectivity index (χ4v) is 4.77. The predicted molar refractivity (Wildman–Crippen MR) is 105 cm³/mol. The lowest BCUT2D eigenvalue weighted by atomic mass is 9.97. The third kappa shape index (κ3) is 3.15. The molecule has 0 unspecified atom stereocenters. The second-order valence-electron chi connectivity index (χ2n) is 6.46. The molecule has 0 aliphatic carbocycles. The van der Waals surface area contributed by atoms with Gasteiger partial charge in [0.25, 0.3) is 0 Å². The molecule has 1 aliphatic rings. The molecule has 7 heteroatoms. The summed E-state index contributed by atoms with van der Waals surface area (Å²) in [5.74, 6) is -0.279. The lowest BCUT2D eigenvalue weighted by Crippen LogP contribution is -2.27. The number of carbonyl (C=O) groups excluding carboxylic acids is 3. The Morgan fingerprint density at radius 3 is 2.63 bits per heavy atom. The Morgan fingerprint density at radius 2 is 1.93 bits per heavy atom. The van der Waals surface area contributed by atoms with Gasteiger partial charge in [0.2, 0.25) is 11.8 Å². The van der Waals surface area contributed by atoms with Crippen LogP contribution in [0.25, 0.3) is 21.3 Å². The normalized spacial score (nSPS) is 14.4. The number of aromatic nitrogens is 1. The van der Waals surface area contributed by atoms with Crippen molar-refractivity contribution < 1.29 is 14.4 Å². The summed E-state index contributed by atoms with van der Waals surface area (Å²) in [6.45, 7) is 2.11. The Morgan fingerprint density at radius 1 is 1.19 bits per heavy atom. The monoisotopic (exact) mass is 398 g/mol. The highest BCUT2D eigenvalue weighted by atomic mass is 35.5. The molecule has 0 spiro atoms. The summed E-state index contributed by atoms with van der Waals surface area (Å²) >= 11 is 7.69. The zero-order valence-corrected chi connectivity index (χ0v) is 16.1. The molecule has 2 aromatic heterocycles. The highest BCUT2D eigenvalue weighted by Crippen LogP contribution is 2.37. The molecule has 1 fully saturated rings. The second-order valence-corrected chi connectivity index (χ2v) is 8.03. The minimum atomic E-state index is -0.139. The summed E-state index contributed by atoms with van der Waals surface area (Å²) in [5.41, 5.74) is 3.78. The Bertz CT molecular complexity index is 1090. The number of imide groups is 1. The lowest BCUT2D eigenvalue weighted by Gasteiger charge is -2.11. The molecule has 2 amide bonds. The van der Waals surface area contributed by atoms with Crippen molar-refractivity contribution in [1.82, 2.24) is 9.88 Å². The average molecular weight is 399 g/mol. The third-order valence-corrected chi connectivity index (χ3v) is 6.05. The summed E-state index contributed by atoms with van der Waals surface area (Å²) in [6, 6.07) is 7.28. The number of thiophene rings is 1. The standard InChI is InChI=1S/C20H15ClN2O3S/c1-11-6-12(21)7-15(16(11)10-24)14-4-5-22-17-8-13(27-20(14)17)9-23-18(25)2-3-19(23)26/h4-8,10H,2-3,9H2,1H3. The van der Waals surface area contributed by atoms with Crippen LogP contribution in [-0.4, -0.2) is 28.0 Å². The van der Waals surface area contributed by atoms with E-state index >= 15 is 0 Å². The number of amides is 2. The average Bonchev–Trinajstić information content (AvgIpc) is 3.19. The van der Waals surface area contributed by atoms with Gasteiger partial charge in [-0.1, -0.05) is 11.6 Å². The SMILES string of the molecule is Cc1cc(Cl)cc(-c2ccnc3cc(CN4C(=O)CCC4=O)sc23)c1C=O. The van der Waals surface area contributed by atoms with E-state index < -0.39 is 0 Å². The van der Waals surface area contributed by atoms with Gasteiger partial charge < -0.3 is 0 Å². The molecular weight excluding hydrogens is 384 g/mol. The number of nitrogens with zero attached hydrogens (tertiary/aromatic N) is 2. The van der Waals surface area contributed by atoms with Crippen molar-refractivity contribution in [3.63, 3.8) is 0 Å². The number of hydrogen-bond acceptors (Lipinski definition) is 5. The largest absolute Gasteiger partial charge is 0.298 e. The maximum Gasteiger partial charge on any atom is 0.230 e. The summed E-state index contributed by atoms with van der Waals surface area (Å²) in [5, 5.41) is 0.558. The highest BCUT2D eigenvalue weighted by molar-refractivity contribution is 7.19. The first-order valence-electron chi connectivity index (χ1n) is 8.44. The zero-order valence-electron chi connectivity index (χ0n) is 14.5. The molecule has 0 radical (unpaired) electrons. The number of aldehydes is 1. The van der Waals surface area contributed by atoms with Gasteiger partial charge in [-0.3, -0.25) is 24.3 Å². The van der Waals surface area contributed by atoms with E-state index in [-0.39, 0.29) is 31.2 Å².